The summed E-state index contributed by atoms with van der Waals surface area (Å²) < 4.78 is 18.7. The number of piperidine rings is 1. The monoisotopic (exact) mass is 490 g/mol. The van der Waals surface area contributed by atoms with Crippen LogP contribution in [0.15, 0.2) is 46.9 Å². The molecule has 6 heteroatoms. The van der Waals surface area contributed by atoms with E-state index >= 15 is 0 Å². The number of fused-ring (bicyclic) bond motifs is 1. The highest BCUT2D eigenvalue weighted by atomic mass is 16.5. The Morgan fingerprint density at radius 2 is 1.69 bits per heavy atom. The molecular formula is C30H38N2O4. The normalized spacial score (nSPS) is 21.9. The Balaban J connectivity index is 1.50. The second-order valence-electron chi connectivity index (χ2n) is 10.7. The summed E-state index contributed by atoms with van der Waals surface area (Å²) in [7, 11) is 0. The summed E-state index contributed by atoms with van der Waals surface area (Å²) in [6, 6.07) is 14.7. The van der Waals surface area contributed by atoms with E-state index in [1.165, 1.54) is 0 Å². The summed E-state index contributed by atoms with van der Waals surface area (Å²) >= 11 is 0. The van der Waals surface area contributed by atoms with Crippen molar-refractivity contribution in [2.75, 3.05) is 26.2 Å². The highest BCUT2D eigenvalue weighted by Gasteiger charge is 2.32. The van der Waals surface area contributed by atoms with Crippen LogP contribution in [0.5, 0.6) is 5.75 Å². The second kappa shape index (κ2) is 10.3. The fourth-order valence-corrected chi connectivity index (χ4v) is 5.58. The van der Waals surface area contributed by atoms with Crippen LogP contribution < -0.4 is 4.74 Å². The lowest BCUT2D eigenvalue weighted by molar-refractivity contribution is -0.0591. The van der Waals surface area contributed by atoms with Crippen molar-refractivity contribution in [3.05, 3.63) is 53.8 Å². The zero-order chi connectivity index (χ0) is 25.4. The summed E-state index contributed by atoms with van der Waals surface area (Å²) in [5.74, 6) is 1.14. The topological polar surface area (TPSA) is 55.2 Å². The zero-order valence-electron chi connectivity index (χ0n) is 22.1. The Hall–Kier alpha value is -2.83. The number of hydrogen-bond donors (Lipinski definition) is 0. The summed E-state index contributed by atoms with van der Waals surface area (Å²) in [6.45, 7) is 13.8. The van der Waals surface area contributed by atoms with Gasteiger partial charge in [-0.1, -0.05) is 30.3 Å². The molecule has 2 atom stereocenters. The van der Waals surface area contributed by atoms with Gasteiger partial charge in [-0.05, 0) is 64.7 Å². The minimum Gasteiger partial charge on any atom is -0.490 e. The first-order chi connectivity index (χ1) is 17.3. The number of aryl methyl sites for hydroxylation is 1. The van der Waals surface area contributed by atoms with Crippen LogP contribution in [0, 0.1) is 6.92 Å². The van der Waals surface area contributed by atoms with Crippen molar-refractivity contribution in [2.24, 2.45) is 0 Å². The molecular weight excluding hydrogens is 452 g/mol. The van der Waals surface area contributed by atoms with Gasteiger partial charge in [0.15, 0.2) is 0 Å². The van der Waals surface area contributed by atoms with Gasteiger partial charge in [0.2, 0.25) is 5.76 Å². The molecule has 2 fully saturated rings. The van der Waals surface area contributed by atoms with E-state index in [0.717, 1.165) is 53.8 Å². The third-order valence-electron chi connectivity index (χ3n) is 7.45. The van der Waals surface area contributed by atoms with Crippen molar-refractivity contribution < 1.29 is 18.7 Å². The highest BCUT2D eigenvalue weighted by molar-refractivity contribution is 6.08. The van der Waals surface area contributed by atoms with Crippen molar-refractivity contribution in [1.29, 1.82) is 0 Å². The SMILES string of the molecule is Cc1cc2c(-c3ccccc3)c(C(=O)N3C[C@@H](C)O[C@@H](C)C3)oc2cc1OC1CCN(C(C)C)CC1. The molecule has 192 valence electrons. The molecule has 0 unspecified atom stereocenters. The molecule has 5 rings (SSSR count). The van der Waals surface area contributed by atoms with Gasteiger partial charge in [-0.25, -0.2) is 0 Å². The molecule has 2 aromatic carbocycles. The van der Waals surface area contributed by atoms with E-state index < -0.39 is 0 Å². The Bertz CT molecular complexity index is 1200. The minimum absolute atomic E-state index is 0.00776. The number of furan rings is 1. The summed E-state index contributed by atoms with van der Waals surface area (Å²) in [6.07, 6.45) is 2.20. The molecule has 0 spiro atoms. The third kappa shape index (κ3) is 5.02. The predicted octanol–water partition coefficient (Wildman–Crippen LogP) is 5.91. The number of nitrogens with zero attached hydrogens (tertiary/aromatic N) is 2. The van der Waals surface area contributed by atoms with E-state index in [9.17, 15) is 4.79 Å². The predicted molar refractivity (Wildman–Crippen MR) is 143 cm³/mol. The van der Waals surface area contributed by atoms with Gasteiger partial charge in [-0.2, -0.15) is 0 Å². The smallest absolute Gasteiger partial charge is 0.290 e. The molecule has 3 aromatic rings. The number of benzene rings is 2. The molecule has 0 N–H and O–H groups in total. The van der Waals surface area contributed by atoms with Gasteiger partial charge < -0.3 is 23.7 Å². The third-order valence-corrected chi connectivity index (χ3v) is 7.45. The Kier molecular flexibility index (Phi) is 7.09. The Morgan fingerprint density at radius 1 is 1.03 bits per heavy atom. The van der Waals surface area contributed by atoms with Crippen LogP contribution in [0.2, 0.25) is 0 Å². The molecule has 1 amide bonds. The van der Waals surface area contributed by atoms with Crippen molar-refractivity contribution in [1.82, 2.24) is 9.80 Å². The summed E-state index contributed by atoms with van der Waals surface area (Å²) in [4.78, 5) is 18.1. The molecule has 0 bridgehead atoms. The quantitative estimate of drug-likeness (QED) is 0.445. The van der Waals surface area contributed by atoms with Crippen LogP contribution in [0.3, 0.4) is 0 Å². The van der Waals surface area contributed by atoms with Crippen LogP contribution >= 0.6 is 0 Å². The van der Waals surface area contributed by atoms with Gasteiger partial charge >= 0.3 is 0 Å². The van der Waals surface area contributed by atoms with E-state index in [2.05, 4.69) is 31.7 Å². The first-order valence-corrected chi connectivity index (χ1v) is 13.3. The van der Waals surface area contributed by atoms with Crippen LogP contribution in [-0.4, -0.2) is 66.2 Å². The Morgan fingerprint density at radius 3 is 2.33 bits per heavy atom. The number of morpholine rings is 1. The molecule has 6 nitrogen and oxygen atoms in total. The first kappa shape index (κ1) is 24.8. The van der Waals surface area contributed by atoms with Gasteiger partial charge in [-0.15, -0.1) is 0 Å². The lowest BCUT2D eigenvalue weighted by Gasteiger charge is -2.35. The lowest BCUT2D eigenvalue weighted by atomic mass is 9.99. The fraction of sp³-hybridized carbons (Fsp3) is 0.500. The van der Waals surface area contributed by atoms with E-state index in [1.54, 1.807) is 0 Å². The van der Waals surface area contributed by atoms with Crippen molar-refractivity contribution in [2.45, 2.75) is 71.8 Å². The van der Waals surface area contributed by atoms with Crippen molar-refractivity contribution in [3.63, 3.8) is 0 Å². The van der Waals surface area contributed by atoms with Crippen LogP contribution in [-0.2, 0) is 4.74 Å². The molecule has 0 aliphatic carbocycles. The maximum absolute atomic E-state index is 13.8. The molecule has 0 radical (unpaired) electrons. The molecule has 1 aromatic heterocycles. The highest BCUT2D eigenvalue weighted by Crippen LogP contribution is 2.39. The minimum atomic E-state index is -0.0896. The van der Waals surface area contributed by atoms with Crippen LogP contribution in [0.1, 0.15) is 56.7 Å². The zero-order valence-corrected chi connectivity index (χ0v) is 22.1. The van der Waals surface area contributed by atoms with Gasteiger partial charge in [0, 0.05) is 49.2 Å². The number of amides is 1. The number of carbonyl (C=O) groups is 1. The molecule has 36 heavy (non-hydrogen) atoms. The van der Waals surface area contributed by atoms with E-state index in [-0.39, 0.29) is 24.2 Å². The molecule has 2 aliphatic heterocycles. The number of carbonyl (C=O) groups excluding carboxylic acids is 1. The summed E-state index contributed by atoms with van der Waals surface area (Å²) in [5.41, 5.74) is 3.57. The van der Waals surface area contributed by atoms with E-state index in [1.807, 2.05) is 55.1 Å². The molecule has 2 saturated heterocycles. The fourth-order valence-electron chi connectivity index (χ4n) is 5.58. The maximum atomic E-state index is 13.8. The average molecular weight is 491 g/mol. The number of likely N-dealkylation sites (tertiary alicyclic amines) is 1. The standard InChI is InChI=1S/C30H38N2O4/c1-19(2)31-13-11-24(12-14-31)35-26-16-27-25(15-20(26)3)28(23-9-7-6-8-10-23)29(36-27)30(33)32-17-21(4)34-22(5)18-32/h6-10,15-16,19,21-22,24H,11-14,17-18H2,1-5H3/t21-,22+. The lowest BCUT2D eigenvalue weighted by Crippen LogP contribution is -2.48. The number of rotatable bonds is 5. The Labute approximate surface area is 214 Å². The van der Waals surface area contributed by atoms with E-state index in [0.29, 0.717) is 30.5 Å². The van der Waals surface area contributed by atoms with E-state index in [4.69, 9.17) is 13.9 Å². The maximum Gasteiger partial charge on any atom is 0.290 e. The number of hydrogen-bond acceptors (Lipinski definition) is 5. The van der Waals surface area contributed by atoms with Gasteiger partial charge in [-0.3, -0.25) is 4.79 Å². The molecule has 3 heterocycles. The van der Waals surface area contributed by atoms with Gasteiger partial charge in [0.25, 0.3) is 5.91 Å². The first-order valence-electron chi connectivity index (χ1n) is 13.3. The van der Waals surface area contributed by atoms with Gasteiger partial charge in [0.1, 0.15) is 17.4 Å². The van der Waals surface area contributed by atoms with Crippen LogP contribution in [0.25, 0.3) is 22.1 Å². The second-order valence-corrected chi connectivity index (χ2v) is 10.7. The molecule has 2 aliphatic rings. The molecule has 0 saturated carbocycles. The van der Waals surface area contributed by atoms with Gasteiger partial charge in [0.05, 0.1) is 12.2 Å². The summed E-state index contributed by atoms with van der Waals surface area (Å²) in [5, 5.41) is 0.943. The average Bonchev–Trinajstić information content (AvgIpc) is 3.22. The van der Waals surface area contributed by atoms with Crippen molar-refractivity contribution in [3.8, 4) is 16.9 Å². The van der Waals surface area contributed by atoms with Crippen LogP contribution in [0.4, 0.5) is 0 Å². The van der Waals surface area contributed by atoms with Crippen molar-refractivity contribution >= 4 is 16.9 Å². The largest absolute Gasteiger partial charge is 0.490 e. The number of ether oxygens (including phenoxy) is 2.